The molecule has 18 heavy (non-hydrogen) atoms. The van der Waals surface area contributed by atoms with E-state index >= 15 is 0 Å². The minimum Gasteiger partial charge on any atom is -0.243 e. The van der Waals surface area contributed by atoms with E-state index in [2.05, 4.69) is 27.2 Å². The number of nitrogens with zero attached hydrogens (tertiary/aromatic N) is 4. The van der Waals surface area contributed by atoms with E-state index in [1.165, 1.54) is 5.56 Å². The van der Waals surface area contributed by atoms with Gasteiger partial charge in [-0.05, 0) is 11.8 Å². The second-order valence-electron chi connectivity index (χ2n) is 3.91. The first-order valence-corrected chi connectivity index (χ1v) is 6.85. The van der Waals surface area contributed by atoms with Crippen molar-refractivity contribution in [2.45, 2.75) is 11.6 Å². The number of benzene rings is 1. The van der Waals surface area contributed by atoms with Crippen molar-refractivity contribution in [2.75, 3.05) is 6.26 Å². The van der Waals surface area contributed by atoms with Crippen molar-refractivity contribution < 1.29 is 0 Å². The Morgan fingerprint density at radius 3 is 2.78 bits per heavy atom. The third kappa shape index (κ3) is 1.97. The van der Waals surface area contributed by atoms with E-state index in [9.17, 15) is 0 Å². The summed E-state index contributed by atoms with van der Waals surface area (Å²) in [5.74, 6) is 0. The molecule has 0 saturated heterocycles. The van der Waals surface area contributed by atoms with Crippen LogP contribution in [-0.2, 0) is 6.54 Å². The fourth-order valence-electron chi connectivity index (χ4n) is 1.91. The van der Waals surface area contributed by atoms with E-state index in [1.54, 1.807) is 18.1 Å². The molecule has 2 aromatic heterocycles. The Kier molecular flexibility index (Phi) is 2.98. The van der Waals surface area contributed by atoms with Gasteiger partial charge >= 0.3 is 0 Å². The van der Waals surface area contributed by atoms with Crippen LogP contribution in [0.15, 0.2) is 47.9 Å². The van der Waals surface area contributed by atoms with Gasteiger partial charge in [0.05, 0.1) is 18.1 Å². The molecule has 0 radical (unpaired) electrons. The van der Waals surface area contributed by atoms with Crippen LogP contribution < -0.4 is 0 Å². The van der Waals surface area contributed by atoms with Crippen molar-refractivity contribution in [2.24, 2.45) is 0 Å². The van der Waals surface area contributed by atoms with E-state index in [-0.39, 0.29) is 0 Å². The lowest BCUT2D eigenvalue weighted by Gasteiger charge is -2.03. The molecule has 0 aliphatic heterocycles. The van der Waals surface area contributed by atoms with Crippen molar-refractivity contribution >= 4 is 22.8 Å². The van der Waals surface area contributed by atoms with E-state index < -0.39 is 0 Å². The molecule has 90 valence electrons. The van der Waals surface area contributed by atoms with Gasteiger partial charge in [-0.25, -0.2) is 14.6 Å². The van der Waals surface area contributed by atoms with Crippen LogP contribution in [0, 0.1) is 0 Å². The van der Waals surface area contributed by atoms with E-state index in [1.807, 2.05) is 35.3 Å². The molecule has 4 nitrogen and oxygen atoms in total. The molecule has 3 rings (SSSR count). The maximum Gasteiger partial charge on any atom is 0.162 e. The topological polar surface area (TPSA) is 43.6 Å². The van der Waals surface area contributed by atoms with Gasteiger partial charge in [-0.3, -0.25) is 0 Å². The van der Waals surface area contributed by atoms with Crippen LogP contribution in [-0.4, -0.2) is 26.0 Å². The highest BCUT2D eigenvalue weighted by Gasteiger charge is 2.08. The Bertz CT molecular complexity index is 663. The lowest BCUT2D eigenvalue weighted by Crippen LogP contribution is -2.02. The van der Waals surface area contributed by atoms with Gasteiger partial charge < -0.3 is 0 Å². The highest BCUT2D eigenvalue weighted by Crippen LogP contribution is 2.22. The zero-order valence-electron chi connectivity index (χ0n) is 9.95. The van der Waals surface area contributed by atoms with Crippen LogP contribution in [0.4, 0.5) is 0 Å². The van der Waals surface area contributed by atoms with Crippen molar-refractivity contribution in [3.05, 3.63) is 48.4 Å². The van der Waals surface area contributed by atoms with Gasteiger partial charge in [0, 0.05) is 0 Å². The molecule has 0 spiro atoms. The second-order valence-corrected chi connectivity index (χ2v) is 4.70. The summed E-state index contributed by atoms with van der Waals surface area (Å²) in [6, 6.07) is 10.2. The van der Waals surface area contributed by atoms with Gasteiger partial charge in [-0.2, -0.15) is 5.10 Å². The first kappa shape index (κ1) is 11.2. The monoisotopic (exact) mass is 256 g/mol. The fourth-order valence-corrected chi connectivity index (χ4v) is 2.42. The third-order valence-electron chi connectivity index (χ3n) is 2.77. The largest absolute Gasteiger partial charge is 0.243 e. The Labute approximate surface area is 109 Å². The highest BCUT2D eigenvalue weighted by molar-refractivity contribution is 7.98. The molecule has 3 aromatic rings. The molecule has 0 saturated carbocycles. The van der Waals surface area contributed by atoms with Crippen molar-refractivity contribution in [1.82, 2.24) is 19.7 Å². The molecule has 0 bridgehead atoms. The molecule has 1 aromatic carbocycles. The fraction of sp³-hybridized carbons (Fsp3) is 0.154. The van der Waals surface area contributed by atoms with E-state index in [0.29, 0.717) is 0 Å². The van der Waals surface area contributed by atoms with E-state index in [0.717, 1.165) is 22.6 Å². The molecule has 0 unspecified atom stereocenters. The molecule has 0 fully saturated rings. The van der Waals surface area contributed by atoms with Crippen LogP contribution in [0.1, 0.15) is 5.56 Å². The van der Waals surface area contributed by atoms with Gasteiger partial charge in [0.1, 0.15) is 11.4 Å². The molecule has 0 amide bonds. The Morgan fingerprint density at radius 1 is 1.17 bits per heavy atom. The molecule has 0 aliphatic carbocycles. The predicted octanol–water partition coefficient (Wildman–Crippen LogP) is 2.60. The number of hydrogen-bond acceptors (Lipinski definition) is 4. The van der Waals surface area contributed by atoms with Crippen molar-refractivity contribution in [3.8, 4) is 0 Å². The average molecular weight is 256 g/mol. The lowest BCUT2D eigenvalue weighted by atomic mass is 10.2. The number of thioether (sulfide) groups is 1. The lowest BCUT2D eigenvalue weighted by molar-refractivity contribution is 0.703. The molecule has 0 aliphatic rings. The molecule has 5 heteroatoms. The van der Waals surface area contributed by atoms with Crippen LogP contribution in [0.25, 0.3) is 11.0 Å². The van der Waals surface area contributed by atoms with Gasteiger partial charge in [-0.15, -0.1) is 11.8 Å². The molecule has 2 heterocycles. The van der Waals surface area contributed by atoms with E-state index in [4.69, 9.17) is 0 Å². The summed E-state index contributed by atoms with van der Waals surface area (Å²) in [7, 11) is 0. The molecule has 0 atom stereocenters. The normalized spacial score (nSPS) is 10.9. The quantitative estimate of drug-likeness (QED) is 0.533. The molecular formula is C13H12N4S. The Morgan fingerprint density at radius 2 is 2.00 bits per heavy atom. The number of hydrogen-bond donors (Lipinski definition) is 0. The Hall–Kier alpha value is -1.88. The summed E-state index contributed by atoms with van der Waals surface area (Å²) in [4.78, 5) is 8.57. The third-order valence-corrected chi connectivity index (χ3v) is 3.48. The smallest absolute Gasteiger partial charge is 0.162 e. The van der Waals surface area contributed by atoms with Gasteiger partial charge in [-0.1, -0.05) is 30.3 Å². The maximum absolute atomic E-state index is 4.40. The number of rotatable bonds is 3. The van der Waals surface area contributed by atoms with Gasteiger partial charge in [0.25, 0.3) is 0 Å². The summed E-state index contributed by atoms with van der Waals surface area (Å²) in [6.07, 6.45) is 5.44. The first-order chi connectivity index (χ1) is 8.88. The van der Waals surface area contributed by atoms with Gasteiger partial charge in [0.2, 0.25) is 0 Å². The number of fused-ring (bicyclic) bond motifs is 1. The van der Waals surface area contributed by atoms with Crippen LogP contribution in [0.2, 0.25) is 0 Å². The summed E-state index contributed by atoms with van der Waals surface area (Å²) >= 11 is 1.61. The minimum absolute atomic E-state index is 0.731. The average Bonchev–Trinajstić information content (AvgIpc) is 2.83. The summed E-state index contributed by atoms with van der Waals surface area (Å²) < 4.78 is 1.91. The SMILES string of the molecule is CSc1ncnc2c1cnn2Cc1ccccc1. The standard InChI is InChI=1S/C13H12N4S/c1-18-13-11-7-16-17(12(11)14-9-15-13)8-10-5-3-2-4-6-10/h2-7,9H,8H2,1H3. The number of aromatic nitrogens is 4. The van der Waals surface area contributed by atoms with Gasteiger partial charge in [0.15, 0.2) is 5.65 Å². The van der Waals surface area contributed by atoms with Crippen LogP contribution in [0.5, 0.6) is 0 Å². The molecular weight excluding hydrogens is 244 g/mol. The summed E-state index contributed by atoms with van der Waals surface area (Å²) in [6.45, 7) is 0.731. The second kappa shape index (κ2) is 4.78. The summed E-state index contributed by atoms with van der Waals surface area (Å²) in [5.41, 5.74) is 2.10. The maximum atomic E-state index is 4.40. The molecule has 0 N–H and O–H groups in total. The van der Waals surface area contributed by atoms with Crippen molar-refractivity contribution in [3.63, 3.8) is 0 Å². The summed E-state index contributed by atoms with van der Waals surface area (Å²) in [5, 5.41) is 6.39. The zero-order chi connectivity index (χ0) is 12.4. The predicted molar refractivity (Wildman–Crippen MR) is 72.6 cm³/mol. The van der Waals surface area contributed by atoms with Crippen molar-refractivity contribution in [1.29, 1.82) is 0 Å². The minimum atomic E-state index is 0.731. The van der Waals surface area contributed by atoms with Crippen LogP contribution >= 0.6 is 11.8 Å². The highest BCUT2D eigenvalue weighted by atomic mass is 32.2. The zero-order valence-corrected chi connectivity index (χ0v) is 10.8. The van der Waals surface area contributed by atoms with Crippen LogP contribution in [0.3, 0.4) is 0 Å². The Balaban J connectivity index is 2.03. The first-order valence-electron chi connectivity index (χ1n) is 5.63.